The number of anilines is 1. The number of carbonyl (C=O) groups excluding carboxylic acids is 1. The van der Waals surface area contributed by atoms with Crippen LogP contribution in [0.25, 0.3) is 0 Å². The monoisotopic (exact) mass is 264 g/mol. The molecule has 0 aliphatic rings. The zero-order valence-electron chi connectivity index (χ0n) is 9.89. The number of rotatable bonds is 3. The second-order valence-corrected chi connectivity index (χ2v) is 4.80. The molecule has 0 saturated heterocycles. The summed E-state index contributed by atoms with van der Waals surface area (Å²) in [6.45, 7) is 0.484. The molecule has 0 aliphatic carbocycles. The number of hydrogen-bond acceptors (Lipinski definition) is 3. The highest BCUT2D eigenvalue weighted by molar-refractivity contribution is 7.07. The van der Waals surface area contributed by atoms with Crippen LogP contribution in [0.2, 0.25) is 0 Å². The van der Waals surface area contributed by atoms with Crippen LogP contribution in [0.1, 0.15) is 15.9 Å². The Bertz CT molecular complexity index is 554. The Morgan fingerprint density at radius 2 is 2.22 bits per heavy atom. The number of amides is 1. The van der Waals surface area contributed by atoms with E-state index in [1.807, 2.05) is 16.8 Å². The highest BCUT2D eigenvalue weighted by Crippen LogP contribution is 2.17. The summed E-state index contributed by atoms with van der Waals surface area (Å²) >= 11 is 1.57. The summed E-state index contributed by atoms with van der Waals surface area (Å²) in [5.74, 6) is -0.741. The van der Waals surface area contributed by atoms with Crippen molar-refractivity contribution < 1.29 is 9.18 Å². The van der Waals surface area contributed by atoms with E-state index < -0.39 is 5.82 Å². The van der Waals surface area contributed by atoms with Crippen LogP contribution in [0, 0.1) is 5.82 Å². The van der Waals surface area contributed by atoms with Crippen LogP contribution in [-0.2, 0) is 6.54 Å². The van der Waals surface area contributed by atoms with E-state index in [2.05, 4.69) is 0 Å². The first-order valence-corrected chi connectivity index (χ1v) is 6.34. The molecule has 0 fully saturated rings. The molecule has 18 heavy (non-hydrogen) atoms. The predicted molar refractivity (Wildman–Crippen MR) is 70.9 cm³/mol. The van der Waals surface area contributed by atoms with Gasteiger partial charge in [0, 0.05) is 19.3 Å². The summed E-state index contributed by atoms with van der Waals surface area (Å²) in [4.78, 5) is 13.6. The molecule has 0 radical (unpaired) electrons. The van der Waals surface area contributed by atoms with Crippen molar-refractivity contribution in [2.75, 3.05) is 12.8 Å². The summed E-state index contributed by atoms with van der Waals surface area (Å²) in [6.07, 6.45) is 0. The summed E-state index contributed by atoms with van der Waals surface area (Å²) in [7, 11) is 1.67. The van der Waals surface area contributed by atoms with Gasteiger partial charge in [0.2, 0.25) is 0 Å². The Kier molecular flexibility index (Phi) is 3.62. The van der Waals surface area contributed by atoms with E-state index in [1.165, 1.54) is 23.1 Å². The standard InChI is InChI=1S/C13H13FN2OS/c1-16(7-9-4-5-18-8-9)13(17)11-6-10(14)2-3-12(11)15/h2-6,8H,7,15H2,1H3. The number of hydrogen-bond donors (Lipinski definition) is 1. The molecule has 5 heteroatoms. The second kappa shape index (κ2) is 5.18. The van der Waals surface area contributed by atoms with Gasteiger partial charge in [-0.1, -0.05) is 0 Å². The molecule has 3 nitrogen and oxygen atoms in total. The van der Waals surface area contributed by atoms with Gasteiger partial charge in [0.15, 0.2) is 0 Å². The van der Waals surface area contributed by atoms with E-state index >= 15 is 0 Å². The van der Waals surface area contributed by atoms with Crippen molar-refractivity contribution in [3.05, 3.63) is 52.0 Å². The molecule has 0 bridgehead atoms. The lowest BCUT2D eigenvalue weighted by Crippen LogP contribution is -2.26. The van der Waals surface area contributed by atoms with Crippen molar-refractivity contribution in [3.8, 4) is 0 Å². The summed E-state index contributed by atoms with van der Waals surface area (Å²) in [6, 6.07) is 5.76. The van der Waals surface area contributed by atoms with E-state index in [0.717, 1.165) is 5.56 Å². The zero-order chi connectivity index (χ0) is 13.1. The molecule has 2 rings (SSSR count). The van der Waals surface area contributed by atoms with Gasteiger partial charge in [0.25, 0.3) is 5.91 Å². The van der Waals surface area contributed by atoms with Crippen molar-refractivity contribution in [1.29, 1.82) is 0 Å². The average Bonchev–Trinajstić information content (AvgIpc) is 2.84. The van der Waals surface area contributed by atoms with Crippen LogP contribution in [-0.4, -0.2) is 17.9 Å². The van der Waals surface area contributed by atoms with E-state index in [4.69, 9.17) is 5.73 Å². The first-order valence-electron chi connectivity index (χ1n) is 5.39. The number of halogens is 1. The molecule has 1 heterocycles. The van der Waals surface area contributed by atoms with Gasteiger partial charge >= 0.3 is 0 Å². The minimum Gasteiger partial charge on any atom is -0.398 e. The minimum absolute atomic E-state index is 0.202. The molecular weight excluding hydrogens is 251 g/mol. The molecule has 0 unspecified atom stereocenters. The minimum atomic E-state index is -0.462. The fourth-order valence-electron chi connectivity index (χ4n) is 1.65. The molecule has 94 valence electrons. The van der Waals surface area contributed by atoms with Gasteiger partial charge in [0.1, 0.15) is 5.82 Å². The van der Waals surface area contributed by atoms with E-state index in [-0.39, 0.29) is 11.5 Å². The first kappa shape index (κ1) is 12.6. The fraction of sp³-hybridized carbons (Fsp3) is 0.154. The molecule has 2 N–H and O–H groups in total. The van der Waals surface area contributed by atoms with Crippen molar-refractivity contribution >= 4 is 22.9 Å². The topological polar surface area (TPSA) is 46.3 Å². The molecule has 0 atom stereocenters. The summed E-state index contributed by atoms with van der Waals surface area (Å²) in [5.41, 5.74) is 7.23. The largest absolute Gasteiger partial charge is 0.398 e. The van der Waals surface area contributed by atoms with Crippen molar-refractivity contribution in [3.63, 3.8) is 0 Å². The summed E-state index contributed by atoms with van der Waals surface area (Å²) < 4.78 is 13.1. The van der Waals surface area contributed by atoms with Crippen molar-refractivity contribution in [1.82, 2.24) is 4.90 Å². The highest BCUT2D eigenvalue weighted by atomic mass is 32.1. The smallest absolute Gasteiger partial charge is 0.256 e. The third-order valence-corrected chi connectivity index (χ3v) is 3.32. The maximum Gasteiger partial charge on any atom is 0.256 e. The Morgan fingerprint density at radius 3 is 2.89 bits per heavy atom. The van der Waals surface area contributed by atoms with Crippen LogP contribution >= 0.6 is 11.3 Å². The SMILES string of the molecule is CN(Cc1ccsc1)C(=O)c1cc(F)ccc1N. The quantitative estimate of drug-likeness (QED) is 0.866. The maximum absolute atomic E-state index is 13.1. The van der Waals surface area contributed by atoms with Gasteiger partial charge in [-0.2, -0.15) is 11.3 Å². The Hall–Kier alpha value is -1.88. The number of benzene rings is 1. The van der Waals surface area contributed by atoms with E-state index in [1.54, 1.807) is 18.4 Å². The van der Waals surface area contributed by atoms with Gasteiger partial charge in [-0.15, -0.1) is 0 Å². The number of thiophene rings is 1. The zero-order valence-corrected chi connectivity index (χ0v) is 10.7. The molecule has 0 spiro atoms. The van der Waals surface area contributed by atoms with E-state index in [9.17, 15) is 9.18 Å². The Labute approximate surface area is 109 Å². The predicted octanol–water partition coefficient (Wildman–Crippen LogP) is 2.74. The van der Waals surface area contributed by atoms with Crippen LogP contribution < -0.4 is 5.73 Å². The van der Waals surface area contributed by atoms with Crippen LogP contribution in [0.5, 0.6) is 0 Å². The number of carbonyl (C=O) groups is 1. The van der Waals surface area contributed by atoms with Crippen LogP contribution in [0.15, 0.2) is 35.0 Å². The third-order valence-electron chi connectivity index (χ3n) is 2.59. The lowest BCUT2D eigenvalue weighted by atomic mass is 10.1. The molecule has 1 amide bonds. The Balaban J connectivity index is 2.17. The van der Waals surface area contributed by atoms with Gasteiger partial charge in [-0.25, -0.2) is 4.39 Å². The molecule has 0 saturated carbocycles. The summed E-state index contributed by atoms with van der Waals surface area (Å²) in [5, 5.41) is 3.92. The van der Waals surface area contributed by atoms with Gasteiger partial charge in [-0.05, 0) is 40.6 Å². The molecule has 0 aliphatic heterocycles. The molecular formula is C13H13FN2OS. The third kappa shape index (κ3) is 2.68. The molecule has 1 aromatic carbocycles. The Morgan fingerprint density at radius 1 is 1.44 bits per heavy atom. The van der Waals surface area contributed by atoms with Gasteiger partial charge in [0.05, 0.1) is 5.56 Å². The van der Waals surface area contributed by atoms with Crippen molar-refractivity contribution in [2.45, 2.75) is 6.54 Å². The molecule has 1 aromatic heterocycles. The van der Waals surface area contributed by atoms with Crippen LogP contribution in [0.3, 0.4) is 0 Å². The van der Waals surface area contributed by atoms with Crippen LogP contribution in [0.4, 0.5) is 10.1 Å². The maximum atomic E-state index is 13.1. The van der Waals surface area contributed by atoms with Gasteiger partial charge < -0.3 is 10.6 Å². The van der Waals surface area contributed by atoms with Crippen molar-refractivity contribution in [2.24, 2.45) is 0 Å². The second-order valence-electron chi connectivity index (χ2n) is 4.02. The highest BCUT2D eigenvalue weighted by Gasteiger charge is 2.15. The fourth-order valence-corrected chi connectivity index (χ4v) is 2.31. The number of nitrogen functional groups attached to an aromatic ring is 1. The lowest BCUT2D eigenvalue weighted by Gasteiger charge is -2.17. The first-order chi connectivity index (χ1) is 8.58. The average molecular weight is 264 g/mol. The molecule has 2 aromatic rings. The normalized spacial score (nSPS) is 10.3. The number of nitrogens with zero attached hydrogens (tertiary/aromatic N) is 1. The van der Waals surface area contributed by atoms with Gasteiger partial charge in [-0.3, -0.25) is 4.79 Å². The lowest BCUT2D eigenvalue weighted by molar-refractivity contribution is 0.0786. The number of nitrogens with two attached hydrogens (primary N) is 1. The van der Waals surface area contributed by atoms with E-state index in [0.29, 0.717) is 12.2 Å².